The van der Waals surface area contributed by atoms with Gasteiger partial charge >= 0.3 is 0 Å². The first-order chi connectivity index (χ1) is 15.1. The number of rotatable bonds is 6. The molecule has 0 spiro atoms. The van der Waals surface area contributed by atoms with Crippen LogP contribution in [0.3, 0.4) is 0 Å². The molecule has 4 nitrogen and oxygen atoms in total. The second kappa shape index (κ2) is 7.56. The summed E-state index contributed by atoms with van der Waals surface area (Å²) in [6.45, 7) is 7.64. The number of hydrogen-bond acceptors (Lipinski definition) is 3. The lowest BCUT2D eigenvalue weighted by atomic mass is 9.72. The number of nitrogens with two attached hydrogens (primary N) is 1. The first-order valence-electron chi connectivity index (χ1n) is 10.5. The first-order valence-corrected chi connectivity index (χ1v) is 10.5. The smallest absolute Gasteiger partial charge is 0.181 e. The Morgan fingerprint density at radius 3 is 2.35 bits per heavy atom. The SMILES string of the molecule is C=COc1cc(C=C)cn2c(-c3ccccc3)c(-c3ccc(C4(N)CCC4)cc3)nc12. The van der Waals surface area contributed by atoms with Gasteiger partial charge in [-0.05, 0) is 36.5 Å². The Balaban J connectivity index is 1.74. The molecule has 0 unspecified atom stereocenters. The van der Waals surface area contributed by atoms with Crippen LogP contribution >= 0.6 is 0 Å². The Morgan fingerprint density at radius 1 is 1.00 bits per heavy atom. The summed E-state index contributed by atoms with van der Waals surface area (Å²) >= 11 is 0. The third-order valence-electron chi connectivity index (χ3n) is 6.18. The van der Waals surface area contributed by atoms with Crippen LogP contribution in [0, 0.1) is 0 Å². The topological polar surface area (TPSA) is 52.5 Å². The van der Waals surface area contributed by atoms with Crippen molar-refractivity contribution in [2.75, 3.05) is 0 Å². The van der Waals surface area contributed by atoms with Crippen molar-refractivity contribution < 1.29 is 4.74 Å². The molecule has 2 N–H and O–H groups in total. The molecule has 0 bridgehead atoms. The molecule has 0 amide bonds. The van der Waals surface area contributed by atoms with E-state index in [1.807, 2.05) is 30.5 Å². The highest BCUT2D eigenvalue weighted by Gasteiger charge is 2.34. The van der Waals surface area contributed by atoms with Crippen molar-refractivity contribution in [1.82, 2.24) is 9.38 Å². The zero-order valence-corrected chi connectivity index (χ0v) is 17.4. The van der Waals surface area contributed by atoms with E-state index in [1.165, 1.54) is 18.2 Å². The van der Waals surface area contributed by atoms with Gasteiger partial charge in [0, 0.05) is 22.9 Å². The van der Waals surface area contributed by atoms with E-state index in [0.717, 1.165) is 46.6 Å². The van der Waals surface area contributed by atoms with E-state index in [9.17, 15) is 0 Å². The molecule has 0 saturated heterocycles. The van der Waals surface area contributed by atoms with Crippen molar-refractivity contribution >= 4 is 11.7 Å². The van der Waals surface area contributed by atoms with Crippen LogP contribution in [-0.4, -0.2) is 9.38 Å². The van der Waals surface area contributed by atoms with E-state index in [0.29, 0.717) is 5.75 Å². The minimum Gasteiger partial charge on any atom is -0.462 e. The molecule has 0 aliphatic heterocycles. The molecule has 1 fully saturated rings. The molecule has 0 radical (unpaired) electrons. The van der Waals surface area contributed by atoms with E-state index in [-0.39, 0.29) is 5.54 Å². The quantitative estimate of drug-likeness (QED) is 0.389. The third-order valence-corrected chi connectivity index (χ3v) is 6.18. The summed E-state index contributed by atoms with van der Waals surface area (Å²) < 4.78 is 7.78. The van der Waals surface area contributed by atoms with Crippen LogP contribution in [0.15, 0.2) is 86.3 Å². The van der Waals surface area contributed by atoms with E-state index in [4.69, 9.17) is 15.5 Å². The van der Waals surface area contributed by atoms with Crippen molar-refractivity contribution in [1.29, 1.82) is 0 Å². The molecule has 154 valence electrons. The Kier molecular flexibility index (Phi) is 4.72. The highest BCUT2D eigenvalue weighted by molar-refractivity contribution is 5.84. The molecule has 1 saturated carbocycles. The summed E-state index contributed by atoms with van der Waals surface area (Å²) in [5.41, 5.74) is 13.2. The Labute approximate surface area is 182 Å². The summed E-state index contributed by atoms with van der Waals surface area (Å²) in [6, 6.07) is 20.7. The molecular weight excluding hydrogens is 382 g/mol. The lowest BCUT2D eigenvalue weighted by Gasteiger charge is -2.38. The van der Waals surface area contributed by atoms with Gasteiger partial charge in [0.1, 0.15) is 0 Å². The van der Waals surface area contributed by atoms with Crippen LogP contribution in [0.25, 0.3) is 34.2 Å². The van der Waals surface area contributed by atoms with Gasteiger partial charge in [-0.2, -0.15) is 0 Å². The molecule has 5 rings (SSSR count). The maximum Gasteiger partial charge on any atom is 0.181 e. The summed E-state index contributed by atoms with van der Waals surface area (Å²) in [5, 5.41) is 0. The number of fused-ring (bicyclic) bond motifs is 1. The fourth-order valence-corrected chi connectivity index (χ4v) is 4.30. The molecule has 31 heavy (non-hydrogen) atoms. The largest absolute Gasteiger partial charge is 0.462 e. The molecule has 2 heterocycles. The van der Waals surface area contributed by atoms with Crippen molar-refractivity contribution in [3.63, 3.8) is 0 Å². The lowest BCUT2D eigenvalue weighted by molar-refractivity contribution is 0.253. The number of benzene rings is 2. The van der Waals surface area contributed by atoms with Gasteiger partial charge in [-0.3, -0.25) is 4.40 Å². The predicted molar refractivity (Wildman–Crippen MR) is 127 cm³/mol. The average molecular weight is 408 g/mol. The number of imidazole rings is 1. The van der Waals surface area contributed by atoms with Crippen LogP contribution in [-0.2, 0) is 5.54 Å². The summed E-state index contributed by atoms with van der Waals surface area (Å²) in [4.78, 5) is 5.00. The number of nitrogens with zero attached hydrogens (tertiary/aromatic N) is 2. The van der Waals surface area contributed by atoms with Gasteiger partial charge in [0.2, 0.25) is 0 Å². The standard InChI is InChI=1S/C27H25N3O/c1-3-19-17-23(31-4-2)26-29-24(25(30(26)18-19)21-9-6-5-7-10-21)20-11-13-22(14-12-20)27(28)15-8-16-27/h3-7,9-14,17-18H,1-2,8,15-16,28H2. The van der Waals surface area contributed by atoms with Gasteiger partial charge in [-0.15, -0.1) is 0 Å². The molecular formula is C27H25N3O. The lowest BCUT2D eigenvalue weighted by Crippen LogP contribution is -2.43. The Bertz CT molecular complexity index is 1270. The second-order valence-corrected chi connectivity index (χ2v) is 8.08. The Morgan fingerprint density at radius 2 is 1.74 bits per heavy atom. The van der Waals surface area contributed by atoms with Gasteiger partial charge in [0.25, 0.3) is 0 Å². The van der Waals surface area contributed by atoms with E-state index >= 15 is 0 Å². The molecule has 1 aliphatic carbocycles. The van der Waals surface area contributed by atoms with E-state index < -0.39 is 0 Å². The van der Waals surface area contributed by atoms with Crippen LogP contribution in [0.4, 0.5) is 0 Å². The highest BCUT2D eigenvalue weighted by atomic mass is 16.5. The van der Waals surface area contributed by atoms with Crippen LogP contribution < -0.4 is 10.5 Å². The summed E-state index contributed by atoms with van der Waals surface area (Å²) in [7, 11) is 0. The zero-order valence-electron chi connectivity index (χ0n) is 17.4. The highest BCUT2D eigenvalue weighted by Crippen LogP contribution is 2.40. The minimum atomic E-state index is -0.177. The first kappa shape index (κ1) is 19.3. The van der Waals surface area contributed by atoms with Gasteiger partial charge in [-0.25, -0.2) is 4.98 Å². The maximum absolute atomic E-state index is 6.53. The van der Waals surface area contributed by atoms with Crippen LogP contribution in [0.5, 0.6) is 5.75 Å². The molecule has 0 atom stereocenters. The number of aromatic nitrogens is 2. The fraction of sp³-hybridized carbons (Fsp3) is 0.148. The minimum absolute atomic E-state index is 0.177. The molecule has 1 aliphatic rings. The van der Waals surface area contributed by atoms with Gasteiger partial charge in [-0.1, -0.05) is 73.8 Å². The summed E-state index contributed by atoms with van der Waals surface area (Å²) in [5.74, 6) is 0.642. The predicted octanol–water partition coefficient (Wildman–Crippen LogP) is 6.17. The normalized spacial score (nSPS) is 14.7. The fourth-order valence-electron chi connectivity index (χ4n) is 4.30. The van der Waals surface area contributed by atoms with E-state index in [1.54, 1.807) is 6.08 Å². The van der Waals surface area contributed by atoms with Crippen molar-refractivity contribution in [3.05, 3.63) is 97.4 Å². The van der Waals surface area contributed by atoms with Crippen LogP contribution in [0.1, 0.15) is 30.4 Å². The third kappa shape index (κ3) is 3.25. The molecule has 4 aromatic rings. The molecule has 2 aromatic carbocycles. The monoisotopic (exact) mass is 407 g/mol. The van der Waals surface area contributed by atoms with E-state index in [2.05, 4.69) is 54.0 Å². The van der Waals surface area contributed by atoms with Crippen molar-refractivity contribution in [2.24, 2.45) is 5.73 Å². The van der Waals surface area contributed by atoms with Gasteiger partial charge in [0.05, 0.1) is 17.6 Å². The van der Waals surface area contributed by atoms with Gasteiger partial charge < -0.3 is 10.5 Å². The maximum atomic E-state index is 6.53. The second-order valence-electron chi connectivity index (χ2n) is 8.08. The average Bonchev–Trinajstić information content (AvgIpc) is 3.18. The summed E-state index contributed by atoms with van der Waals surface area (Å²) in [6.07, 6.45) is 8.55. The number of pyridine rings is 1. The van der Waals surface area contributed by atoms with Crippen molar-refractivity contribution in [2.45, 2.75) is 24.8 Å². The zero-order chi connectivity index (χ0) is 21.4. The number of hydrogen-bond donors (Lipinski definition) is 1. The van der Waals surface area contributed by atoms with Crippen molar-refractivity contribution in [3.8, 4) is 28.3 Å². The molecule has 2 aromatic heterocycles. The molecule has 4 heteroatoms. The number of ether oxygens (including phenoxy) is 1. The van der Waals surface area contributed by atoms with Gasteiger partial charge in [0.15, 0.2) is 11.4 Å². The van der Waals surface area contributed by atoms with Crippen LogP contribution in [0.2, 0.25) is 0 Å². The Hall–Kier alpha value is -3.63.